The number of carbonyl (C=O) groups excluding carboxylic acids is 2. The first-order valence-electron chi connectivity index (χ1n) is 10.2. The number of nitrogens with one attached hydrogen (secondary N) is 1. The van der Waals surface area contributed by atoms with Crippen molar-refractivity contribution >= 4 is 40.8 Å². The molecule has 1 heterocycles. The number of amides is 2. The molecule has 2 aromatic rings. The maximum Gasteiger partial charge on any atom is 0.249 e. The van der Waals surface area contributed by atoms with E-state index in [1.165, 1.54) is 12.0 Å². The molecule has 170 valence electrons. The summed E-state index contributed by atoms with van der Waals surface area (Å²) in [5.41, 5.74) is 1.23. The zero-order valence-corrected chi connectivity index (χ0v) is 20.2. The lowest BCUT2D eigenvalue weighted by molar-refractivity contribution is -0.138. The molecule has 0 aliphatic heterocycles. The van der Waals surface area contributed by atoms with Gasteiger partial charge in [0.1, 0.15) is 12.4 Å². The Kier molecular flexibility index (Phi) is 8.91. The first-order chi connectivity index (χ1) is 14.6. The zero-order chi connectivity index (χ0) is 23.2. The Morgan fingerprint density at radius 1 is 1.19 bits per heavy atom. The number of hydrogen-bond acceptors (Lipinski definition) is 4. The van der Waals surface area contributed by atoms with Crippen LogP contribution in [0.4, 0.5) is 5.82 Å². The van der Waals surface area contributed by atoms with Gasteiger partial charge in [0.05, 0.1) is 28.0 Å². The van der Waals surface area contributed by atoms with Crippen LogP contribution in [-0.4, -0.2) is 53.3 Å². The van der Waals surface area contributed by atoms with Crippen LogP contribution in [0.15, 0.2) is 24.3 Å². The second-order valence-electron chi connectivity index (χ2n) is 8.33. The first kappa shape index (κ1) is 25.2. The van der Waals surface area contributed by atoms with Crippen LogP contribution in [0, 0.1) is 0 Å². The van der Waals surface area contributed by atoms with Gasteiger partial charge in [-0.1, -0.05) is 57.3 Å². The standard InChI is InChI=1S/C22H30Cl2N4O3/c1-6-7-10-27(21(30)14-31-5)13-20(29)25-19-12-18(22(2,3)4)26-28(19)15-8-9-16(23)17(24)11-15/h8-9,11-12H,6-7,10,13-14H2,1-5H3,(H,25,29). The molecule has 1 aromatic carbocycles. The minimum atomic E-state index is -0.317. The highest BCUT2D eigenvalue weighted by Crippen LogP contribution is 2.29. The Morgan fingerprint density at radius 3 is 2.48 bits per heavy atom. The number of methoxy groups -OCH3 is 1. The van der Waals surface area contributed by atoms with Crippen molar-refractivity contribution in [1.82, 2.24) is 14.7 Å². The average Bonchev–Trinajstić information content (AvgIpc) is 3.11. The van der Waals surface area contributed by atoms with Crippen molar-refractivity contribution in [3.63, 3.8) is 0 Å². The minimum Gasteiger partial charge on any atom is -0.375 e. The van der Waals surface area contributed by atoms with E-state index in [4.69, 9.17) is 27.9 Å². The van der Waals surface area contributed by atoms with Gasteiger partial charge in [0.15, 0.2) is 0 Å². The van der Waals surface area contributed by atoms with E-state index in [9.17, 15) is 9.59 Å². The van der Waals surface area contributed by atoms with Crippen molar-refractivity contribution in [2.24, 2.45) is 0 Å². The number of hydrogen-bond donors (Lipinski definition) is 1. The largest absolute Gasteiger partial charge is 0.375 e. The van der Waals surface area contributed by atoms with E-state index in [-0.39, 0.29) is 30.4 Å². The predicted octanol–water partition coefficient (Wildman–Crippen LogP) is 4.69. The van der Waals surface area contributed by atoms with Crippen molar-refractivity contribution < 1.29 is 14.3 Å². The molecule has 1 aromatic heterocycles. The number of anilines is 1. The number of nitrogens with zero attached hydrogens (tertiary/aromatic N) is 3. The summed E-state index contributed by atoms with van der Waals surface area (Å²) in [5, 5.41) is 8.38. The van der Waals surface area contributed by atoms with Crippen LogP contribution >= 0.6 is 23.2 Å². The smallest absolute Gasteiger partial charge is 0.249 e. The van der Waals surface area contributed by atoms with Gasteiger partial charge in [0, 0.05) is 25.1 Å². The van der Waals surface area contributed by atoms with Crippen LogP contribution in [0.25, 0.3) is 5.69 Å². The number of unbranched alkanes of at least 4 members (excludes halogenated alkanes) is 1. The summed E-state index contributed by atoms with van der Waals surface area (Å²) < 4.78 is 6.56. The normalized spacial score (nSPS) is 11.5. The molecule has 0 unspecified atom stereocenters. The summed E-state index contributed by atoms with van der Waals surface area (Å²) in [6.07, 6.45) is 1.72. The monoisotopic (exact) mass is 468 g/mol. The van der Waals surface area contributed by atoms with Gasteiger partial charge in [0.2, 0.25) is 11.8 Å². The molecule has 7 nitrogen and oxygen atoms in total. The number of halogens is 2. The Hall–Kier alpha value is -2.09. The van der Waals surface area contributed by atoms with Gasteiger partial charge in [-0.2, -0.15) is 5.10 Å². The van der Waals surface area contributed by atoms with Crippen molar-refractivity contribution in [3.8, 4) is 5.69 Å². The summed E-state index contributed by atoms with van der Waals surface area (Å²) in [5.74, 6) is -0.0513. The van der Waals surface area contributed by atoms with Gasteiger partial charge in [-0.05, 0) is 24.6 Å². The Bertz CT molecular complexity index is 922. The highest BCUT2D eigenvalue weighted by atomic mass is 35.5. The minimum absolute atomic E-state index is 0.0631. The Balaban J connectivity index is 2.31. The van der Waals surface area contributed by atoms with Gasteiger partial charge in [-0.3, -0.25) is 9.59 Å². The van der Waals surface area contributed by atoms with E-state index in [2.05, 4.69) is 10.4 Å². The zero-order valence-electron chi connectivity index (χ0n) is 18.7. The fraction of sp³-hybridized carbons (Fsp3) is 0.500. The SMILES string of the molecule is CCCCN(CC(=O)Nc1cc(C(C)(C)C)nn1-c1ccc(Cl)c(Cl)c1)C(=O)COC. The lowest BCUT2D eigenvalue weighted by Crippen LogP contribution is -2.40. The van der Waals surface area contributed by atoms with Crippen molar-refractivity contribution in [2.75, 3.05) is 32.1 Å². The van der Waals surface area contributed by atoms with E-state index in [1.54, 1.807) is 22.9 Å². The van der Waals surface area contributed by atoms with Crippen molar-refractivity contribution in [3.05, 3.63) is 40.0 Å². The van der Waals surface area contributed by atoms with E-state index < -0.39 is 0 Å². The molecule has 1 N–H and O–H groups in total. The van der Waals surface area contributed by atoms with Crippen LogP contribution < -0.4 is 5.32 Å². The van der Waals surface area contributed by atoms with Gasteiger partial charge >= 0.3 is 0 Å². The average molecular weight is 469 g/mol. The number of rotatable bonds is 9. The van der Waals surface area contributed by atoms with Crippen LogP contribution in [-0.2, 0) is 19.7 Å². The fourth-order valence-corrected chi connectivity index (χ4v) is 3.15. The molecule has 2 amide bonds. The van der Waals surface area contributed by atoms with E-state index >= 15 is 0 Å². The van der Waals surface area contributed by atoms with E-state index in [0.717, 1.165) is 18.5 Å². The molecule has 0 atom stereocenters. The van der Waals surface area contributed by atoms with Gasteiger partial charge in [0.25, 0.3) is 0 Å². The van der Waals surface area contributed by atoms with Gasteiger partial charge in [-0.25, -0.2) is 4.68 Å². The highest BCUT2D eigenvalue weighted by Gasteiger charge is 2.23. The maximum absolute atomic E-state index is 12.8. The Labute approximate surface area is 193 Å². The quantitative estimate of drug-likeness (QED) is 0.578. The molecule has 0 radical (unpaired) electrons. The lowest BCUT2D eigenvalue weighted by Gasteiger charge is -2.21. The molecular formula is C22H30Cl2N4O3. The van der Waals surface area contributed by atoms with Crippen LogP contribution in [0.3, 0.4) is 0 Å². The Morgan fingerprint density at radius 2 is 1.90 bits per heavy atom. The summed E-state index contributed by atoms with van der Waals surface area (Å²) in [6.45, 7) is 8.50. The van der Waals surface area contributed by atoms with E-state index in [1.807, 2.05) is 33.8 Å². The summed E-state index contributed by atoms with van der Waals surface area (Å²) in [4.78, 5) is 26.6. The van der Waals surface area contributed by atoms with Crippen molar-refractivity contribution in [1.29, 1.82) is 0 Å². The highest BCUT2D eigenvalue weighted by molar-refractivity contribution is 6.42. The molecule has 0 spiro atoms. The first-order valence-corrected chi connectivity index (χ1v) is 10.9. The molecular weight excluding hydrogens is 439 g/mol. The van der Waals surface area contributed by atoms with Crippen LogP contribution in [0.5, 0.6) is 0 Å². The summed E-state index contributed by atoms with van der Waals surface area (Å²) >= 11 is 12.2. The topological polar surface area (TPSA) is 76.5 Å². The molecule has 31 heavy (non-hydrogen) atoms. The number of ether oxygens (including phenoxy) is 1. The van der Waals surface area contributed by atoms with Crippen LogP contribution in [0.1, 0.15) is 46.2 Å². The molecule has 0 saturated heterocycles. The van der Waals surface area contributed by atoms with E-state index in [0.29, 0.717) is 28.1 Å². The second kappa shape index (κ2) is 11.0. The molecule has 0 saturated carbocycles. The number of benzene rings is 1. The van der Waals surface area contributed by atoms with Gasteiger partial charge < -0.3 is 15.0 Å². The maximum atomic E-state index is 12.8. The molecule has 0 aliphatic carbocycles. The third kappa shape index (κ3) is 6.95. The second-order valence-corrected chi connectivity index (χ2v) is 9.14. The molecule has 9 heteroatoms. The number of aromatic nitrogens is 2. The molecule has 2 rings (SSSR count). The third-order valence-corrected chi connectivity index (χ3v) is 5.37. The molecule has 0 aliphatic rings. The number of carbonyl (C=O) groups is 2. The van der Waals surface area contributed by atoms with Crippen LogP contribution in [0.2, 0.25) is 10.0 Å². The molecule has 0 fully saturated rings. The predicted molar refractivity (Wildman–Crippen MR) is 124 cm³/mol. The van der Waals surface area contributed by atoms with Crippen molar-refractivity contribution in [2.45, 2.75) is 46.0 Å². The fourth-order valence-electron chi connectivity index (χ4n) is 2.86. The van der Waals surface area contributed by atoms with Gasteiger partial charge in [-0.15, -0.1) is 0 Å². The summed E-state index contributed by atoms with van der Waals surface area (Å²) in [7, 11) is 1.46. The third-order valence-electron chi connectivity index (χ3n) is 4.63. The molecule has 0 bridgehead atoms. The lowest BCUT2D eigenvalue weighted by atomic mass is 9.92. The summed E-state index contributed by atoms with van der Waals surface area (Å²) in [6, 6.07) is 6.97.